The number of likely N-dealkylation sites (tertiary alicyclic amines) is 1. The number of piperazine rings is 1. The molecular weight excluding hydrogens is 350 g/mol. The van der Waals surface area contributed by atoms with E-state index in [2.05, 4.69) is 17.0 Å². The standard InChI is InChI=1S/C23H27N3O2/c1-24-16-22(28)26(20-10-6-3-7-11-20)18-23(24)14-15-25(17-23)21(27)13-12-19-8-4-2-5-9-19/h2-11H,12-18H2,1H3/t23-/m1/s1. The first-order chi connectivity index (χ1) is 13.6. The normalized spacial score (nSPS) is 22.8. The van der Waals surface area contributed by atoms with Crippen molar-refractivity contribution < 1.29 is 9.59 Å². The summed E-state index contributed by atoms with van der Waals surface area (Å²) in [5, 5.41) is 0. The van der Waals surface area contributed by atoms with Crippen molar-refractivity contribution in [2.45, 2.75) is 24.8 Å². The second-order valence-corrected chi connectivity index (χ2v) is 7.95. The molecule has 2 saturated heterocycles. The third-order valence-corrected chi connectivity index (χ3v) is 6.16. The molecule has 2 aromatic rings. The molecule has 2 amide bonds. The molecule has 0 N–H and O–H groups in total. The number of carbonyl (C=O) groups excluding carboxylic acids is 2. The van der Waals surface area contributed by atoms with Crippen molar-refractivity contribution in [2.24, 2.45) is 0 Å². The maximum atomic E-state index is 12.8. The van der Waals surface area contributed by atoms with Gasteiger partial charge in [0.05, 0.1) is 12.1 Å². The van der Waals surface area contributed by atoms with E-state index >= 15 is 0 Å². The van der Waals surface area contributed by atoms with Crippen molar-refractivity contribution >= 4 is 17.5 Å². The zero-order valence-corrected chi connectivity index (χ0v) is 16.4. The fourth-order valence-electron chi connectivity index (χ4n) is 4.37. The Morgan fingerprint density at radius 2 is 1.68 bits per heavy atom. The third-order valence-electron chi connectivity index (χ3n) is 6.16. The predicted molar refractivity (Wildman–Crippen MR) is 110 cm³/mol. The van der Waals surface area contributed by atoms with Crippen LogP contribution in [0.4, 0.5) is 5.69 Å². The molecule has 4 rings (SSSR count). The molecule has 2 aliphatic rings. The summed E-state index contributed by atoms with van der Waals surface area (Å²) in [7, 11) is 2.01. The van der Waals surface area contributed by atoms with E-state index in [-0.39, 0.29) is 17.4 Å². The van der Waals surface area contributed by atoms with Gasteiger partial charge in [0.1, 0.15) is 0 Å². The molecular formula is C23H27N3O2. The number of aryl methyl sites for hydroxylation is 1. The molecule has 28 heavy (non-hydrogen) atoms. The summed E-state index contributed by atoms with van der Waals surface area (Å²) in [6, 6.07) is 20.0. The number of benzene rings is 2. The Hall–Kier alpha value is -2.66. The van der Waals surface area contributed by atoms with E-state index in [1.807, 2.05) is 65.4 Å². The summed E-state index contributed by atoms with van der Waals surface area (Å²) in [6.45, 7) is 2.47. The average Bonchev–Trinajstić information content (AvgIpc) is 3.16. The Morgan fingerprint density at radius 1 is 1.00 bits per heavy atom. The van der Waals surface area contributed by atoms with Crippen LogP contribution in [0.2, 0.25) is 0 Å². The van der Waals surface area contributed by atoms with Gasteiger partial charge in [0.25, 0.3) is 0 Å². The van der Waals surface area contributed by atoms with Crippen molar-refractivity contribution in [3.8, 4) is 0 Å². The SMILES string of the molecule is CN1CC(=O)N(c2ccccc2)C[C@]12CCN(C(=O)CCc1ccccc1)C2. The highest BCUT2D eigenvalue weighted by Gasteiger charge is 2.48. The average molecular weight is 377 g/mol. The first-order valence-electron chi connectivity index (χ1n) is 9.96. The van der Waals surface area contributed by atoms with Crippen LogP contribution < -0.4 is 4.90 Å². The lowest BCUT2D eigenvalue weighted by Crippen LogP contribution is -2.64. The lowest BCUT2D eigenvalue weighted by molar-refractivity contribution is -0.130. The topological polar surface area (TPSA) is 43.9 Å². The van der Waals surface area contributed by atoms with Gasteiger partial charge in [-0.1, -0.05) is 48.5 Å². The molecule has 2 fully saturated rings. The third kappa shape index (κ3) is 3.67. The first kappa shape index (κ1) is 18.7. The van der Waals surface area contributed by atoms with Crippen molar-refractivity contribution in [3.05, 3.63) is 66.2 Å². The molecule has 1 spiro atoms. The van der Waals surface area contributed by atoms with E-state index in [9.17, 15) is 9.59 Å². The number of likely N-dealkylation sites (N-methyl/N-ethyl adjacent to an activating group) is 1. The number of anilines is 1. The largest absolute Gasteiger partial charge is 0.341 e. The predicted octanol–water partition coefficient (Wildman–Crippen LogP) is 2.57. The number of rotatable bonds is 4. The summed E-state index contributed by atoms with van der Waals surface area (Å²) >= 11 is 0. The van der Waals surface area contributed by atoms with E-state index < -0.39 is 0 Å². The number of amides is 2. The lowest BCUT2D eigenvalue weighted by atomic mass is 9.92. The first-order valence-corrected chi connectivity index (χ1v) is 9.96. The highest BCUT2D eigenvalue weighted by atomic mass is 16.2. The summed E-state index contributed by atoms with van der Waals surface area (Å²) in [5.41, 5.74) is 1.97. The molecule has 2 aliphatic heterocycles. The van der Waals surface area contributed by atoms with Gasteiger partial charge in [-0.05, 0) is 37.6 Å². The summed E-state index contributed by atoms with van der Waals surface area (Å²) in [6.07, 6.45) is 2.20. The molecule has 0 unspecified atom stereocenters. The van der Waals surface area contributed by atoms with Gasteiger partial charge in [-0.3, -0.25) is 14.5 Å². The minimum absolute atomic E-state index is 0.119. The van der Waals surface area contributed by atoms with E-state index in [0.29, 0.717) is 26.1 Å². The van der Waals surface area contributed by atoms with E-state index in [4.69, 9.17) is 0 Å². The Morgan fingerprint density at radius 3 is 2.39 bits per heavy atom. The molecule has 0 aromatic heterocycles. The molecule has 0 bridgehead atoms. The second kappa shape index (κ2) is 7.76. The van der Waals surface area contributed by atoms with Gasteiger partial charge in [-0.25, -0.2) is 0 Å². The number of hydrogen-bond donors (Lipinski definition) is 0. The van der Waals surface area contributed by atoms with Gasteiger partial charge in [0, 0.05) is 31.7 Å². The molecule has 5 heteroatoms. The van der Waals surface area contributed by atoms with Crippen LogP contribution in [0.25, 0.3) is 0 Å². The Balaban J connectivity index is 1.43. The van der Waals surface area contributed by atoms with Crippen LogP contribution in [0.1, 0.15) is 18.4 Å². The van der Waals surface area contributed by atoms with E-state index in [0.717, 1.165) is 25.1 Å². The van der Waals surface area contributed by atoms with Gasteiger partial charge in [-0.2, -0.15) is 0 Å². The molecule has 2 aromatic carbocycles. The van der Waals surface area contributed by atoms with Crippen molar-refractivity contribution in [1.82, 2.24) is 9.80 Å². The quantitative estimate of drug-likeness (QED) is 0.823. The van der Waals surface area contributed by atoms with Gasteiger partial charge >= 0.3 is 0 Å². The fourth-order valence-corrected chi connectivity index (χ4v) is 4.37. The monoisotopic (exact) mass is 377 g/mol. The fraction of sp³-hybridized carbons (Fsp3) is 0.391. The molecule has 0 radical (unpaired) electrons. The van der Waals surface area contributed by atoms with Crippen molar-refractivity contribution in [1.29, 1.82) is 0 Å². The highest BCUT2D eigenvalue weighted by molar-refractivity contribution is 5.96. The maximum absolute atomic E-state index is 12.8. The van der Waals surface area contributed by atoms with Crippen LogP contribution in [0.15, 0.2) is 60.7 Å². The highest BCUT2D eigenvalue weighted by Crippen LogP contribution is 2.33. The van der Waals surface area contributed by atoms with Crippen molar-refractivity contribution in [3.63, 3.8) is 0 Å². The smallest absolute Gasteiger partial charge is 0.241 e. The van der Waals surface area contributed by atoms with Gasteiger partial charge in [-0.15, -0.1) is 0 Å². The van der Waals surface area contributed by atoms with Crippen LogP contribution >= 0.6 is 0 Å². The van der Waals surface area contributed by atoms with Crippen LogP contribution in [-0.4, -0.2) is 60.4 Å². The van der Waals surface area contributed by atoms with Crippen LogP contribution in [-0.2, 0) is 16.0 Å². The van der Waals surface area contributed by atoms with E-state index in [1.54, 1.807) is 0 Å². The van der Waals surface area contributed by atoms with E-state index in [1.165, 1.54) is 5.56 Å². The molecule has 5 nitrogen and oxygen atoms in total. The van der Waals surface area contributed by atoms with Crippen LogP contribution in [0.5, 0.6) is 0 Å². The Bertz CT molecular complexity index is 839. The molecule has 2 heterocycles. The number of carbonyl (C=O) groups is 2. The van der Waals surface area contributed by atoms with Crippen LogP contribution in [0.3, 0.4) is 0 Å². The number of nitrogens with zero attached hydrogens (tertiary/aromatic N) is 3. The van der Waals surface area contributed by atoms with Gasteiger partial charge in [0.15, 0.2) is 0 Å². The van der Waals surface area contributed by atoms with Gasteiger partial charge < -0.3 is 9.80 Å². The second-order valence-electron chi connectivity index (χ2n) is 7.95. The zero-order chi connectivity index (χ0) is 19.6. The number of hydrogen-bond acceptors (Lipinski definition) is 3. The Kier molecular flexibility index (Phi) is 5.18. The Labute approximate surface area is 166 Å². The minimum atomic E-state index is -0.161. The van der Waals surface area contributed by atoms with Gasteiger partial charge in [0.2, 0.25) is 11.8 Å². The minimum Gasteiger partial charge on any atom is -0.341 e. The lowest BCUT2D eigenvalue weighted by Gasteiger charge is -2.46. The summed E-state index contributed by atoms with van der Waals surface area (Å²) in [5.74, 6) is 0.325. The summed E-state index contributed by atoms with van der Waals surface area (Å²) < 4.78 is 0. The summed E-state index contributed by atoms with van der Waals surface area (Å²) in [4.78, 5) is 31.4. The van der Waals surface area contributed by atoms with Crippen molar-refractivity contribution in [2.75, 3.05) is 38.1 Å². The number of para-hydroxylation sites is 1. The molecule has 146 valence electrons. The maximum Gasteiger partial charge on any atom is 0.241 e. The zero-order valence-electron chi connectivity index (χ0n) is 16.4. The van der Waals surface area contributed by atoms with Crippen LogP contribution in [0, 0.1) is 0 Å². The molecule has 0 saturated carbocycles. The molecule has 0 aliphatic carbocycles. The molecule has 1 atom stereocenters.